The van der Waals surface area contributed by atoms with Crippen LogP contribution in [0.2, 0.25) is 0 Å². The third-order valence-electron chi connectivity index (χ3n) is 2.00. The Morgan fingerprint density at radius 3 is 2.07 bits per heavy atom. The van der Waals surface area contributed by atoms with Crippen molar-refractivity contribution in [2.45, 2.75) is 27.4 Å². The van der Waals surface area contributed by atoms with Crippen LogP contribution in [0, 0.1) is 6.92 Å². The van der Waals surface area contributed by atoms with E-state index in [1.54, 1.807) is 6.92 Å². The Kier molecular flexibility index (Phi) is 2.86. The normalized spacial score (nSPS) is 10.3. The predicted octanol–water partition coefficient (Wildman–Crippen LogP) is 1.49. The lowest BCUT2D eigenvalue weighted by Crippen LogP contribution is -2.04. The summed E-state index contributed by atoms with van der Waals surface area (Å²) in [5, 5.41) is 8.93. The third kappa shape index (κ3) is 1.61. The van der Waals surface area contributed by atoms with Gasteiger partial charge in [0.25, 0.3) is 0 Å². The molecule has 0 radical (unpaired) electrons. The van der Waals surface area contributed by atoms with E-state index < -0.39 is 0 Å². The molecule has 1 heterocycles. The van der Waals surface area contributed by atoms with Crippen LogP contribution < -0.4 is 0 Å². The quantitative estimate of drug-likeness (QED) is 0.743. The molecular weight excluding hydrogens is 184 g/mol. The van der Waals surface area contributed by atoms with Crippen molar-refractivity contribution in [1.29, 1.82) is 0 Å². The van der Waals surface area contributed by atoms with Crippen molar-refractivity contribution in [3.05, 3.63) is 22.6 Å². The molecule has 0 aliphatic carbocycles. The maximum atomic E-state index is 11.2. The second kappa shape index (κ2) is 3.75. The van der Waals surface area contributed by atoms with Crippen LogP contribution in [0.3, 0.4) is 0 Å². The van der Waals surface area contributed by atoms with Gasteiger partial charge in [0, 0.05) is 0 Å². The van der Waals surface area contributed by atoms with Gasteiger partial charge < -0.3 is 9.52 Å². The number of Topliss-reactive ketones (excluding diaryl/α,β-unsaturated/α-hetero) is 2. The van der Waals surface area contributed by atoms with Crippen molar-refractivity contribution < 1.29 is 19.1 Å². The maximum Gasteiger partial charge on any atom is 0.164 e. The van der Waals surface area contributed by atoms with Gasteiger partial charge in [0.1, 0.15) is 18.1 Å². The van der Waals surface area contributed by atoms with E-state index in [1.807, 2.05) is 0 Å². The fourth-order valence-corrected chi connectivity index (χ4v) is 1.51. The first-order valence-electron chi connectivity index (χ1n) is 4.24. The lowest BCUT2D eigenvalue weighted by atomic mass is 10.0. The summed E-state index contributed by atoms with van der Waals surface area (Å²) in [5.74, 6) is 0.0548. The molecule has 0 saturated carbocycles. The lowest BCUT2D eigenvalue weighted by Gasteiger charge is -1.96. The Balaban J connectivity index is 3.46. The maximum absolute atomic E-state index is 11.2. The molecule has 0 aromatic carbocycles. The molecule has 0 fully saturated rings. The smallest absolute Gasteiger partial charge is 0.164 e. The number of aliphatic hydroxyl groups is 1. The Bertz CT molecular complexity index is 387. The van der Waals surface area contributed by atoms with Gasteiger partial charge in [-0.2, -0.15) is 0 Å². The van der Waals surface area contributed by atoms with Crippen molar-refractivity contribution in [1.82, 2.24) is 0 Å². The summed E-state index contributed by atoms with van der Waals surface area (Å²) in [6.07, 6.45) is 0. The first kappa shape index (κ1) is 10.7. The van der Waals surface area contributed by atoms with Gasteiger partial charge in [-0.1, -0.05) is 0 Å². The summed E-state index contributed by atoms with van der Waals surface area (Å²) in [7, 11) is 0. The van der Waals surface area contributed by atoms with Crippen LogP contribution in [0.25, 0.3) is 0 Å². The topological polar surface area (TPSA) is 67.5 Å². The molecule has 0 amide bonds. The van der Waals surface area contributed by atoms with E-state index in [9.17, 15) is 9.59 Å². The Labute approximate surface area is 81.5 Å². The van der Waals surface area contributed by atoms with Crippen LogP contribution in [0.5, 0.6) is 0 Å². The minimum Gasteiger partial charge on any atom is -0.462 e. The number of rotatable bonds is 3. The average Bonchev–Trinajstić information content (AvgIpc) is 2.41. The minimum atomic E-state index is -0.372. The van der Waals surface area contributed by atoms with Crippen LogP contribution in [-0.2, 0) is 6.61 Å². The molecule has 0 bridgehead atoms. The van der Waals surface area contributed by atoms with Crippen molar-refractivity contribution in [2.24, 2.45) is 0 Å². The number of hydrogen-bond acceptors (Lipinski definition) is 4. The molecule has 0 aliphatic heterocycles. The standard InChI is InChI=1S/C10H12O4/c1-5(12)9-7(3)14-8(4-11)10(9)6(2)13/h11H,4H2,1-3H3. The minimum absolute atomic E-state index is 0.167. The Morgan fingerprint density at radius 1 is 1.21 bits per heavy atom. The molecule has 4 heteroatoms. The van der Waals surface area contributed by atoms with Crippen molar-refractivity contribution in [3.8, 4) is 0 Å². The van der Waals surface area contributed by atoms with E-state index in [0.29, 0.717) is 5.76 Å². The summed E-state index contributed by atoms with van der Waals surface area (Å²) in [4.78, 5) is 22.5. The molecule has 0 saturated heterocycles. The number of aryl methyl sites for hydroxylation is 1. The van der Waals surface area contributed by atoms with Crippen molar-refractivity contribution in [2.75, 3.05) is 0 Å². The van der Waals surface area contributed by atoms with Crippen molar-refractivity contribution in [3.63, 3.8) is 0 Å². The van der Waals surface area contributed by atoms with Crippen LogP contribution in [-0.4, -0.2) is 16.7 Å². The first-order valence-corrected chi connectivity index (χ1v) is 4.24. The number of carbonyl (C=O) groups is 2. The molecule has 1 aromatic heterocycles. The molecule has 0 spiro atoms. The third-order valence-corrected chi connectivity index (χ3v) is 2.00. The van der Waals surface area contributed by atoms with Crippen molar-refractivity contribution >= 4 is 11.6 Å². The van der Waals surface area contributed by atoms with E-state index in [0.717, 1.165) is 0 Å². The number of furan rings is 1. The molecule has 0 unspecified atom stereocenters. The molecule has 1 N–H and O–H groups in total. The summed E-state index contributed by atoms with van der Waals surface area (Å²) < 4.78 is 5.13. The van der Waals surface area contributed by atoms with E-state index >= 15 is 0 Å². The average molecular weight is 196 g/mol. The van der Waals surface area contributed by atoms with Gasteiger partial charge >= 0.3 is 0 Å². The van der Waals surface area contributed by atoms with Gasteiger partial charge in [0.15, 0.2) is 11.6 Å². The highest BCUT2D eigenvalue weighted by Crippen LogP contribution is 2.23. The summed E-state index contributed by atoms with van der Waals surface area (Å²) in [6, 6.07) is 0. The fraction of sp³-hybridized carbons (Fsp3) is 0.400. The largest absolute Gasteiger partial charge is 0.462 e. The second-order valence-corrected chi connectivity index (χ2v) is 3.10. The highest BCUT2D eigenvalue weighted by atomic mass is 16.4. The second-order valence-electron chi connectivity index (χ2n) is 3.10. The molecule has 1 aromatic rings. The molecule has 0 aliphatic rings. The lowest BCUT2D eigenvalue weighted by molar-refractivity contribution is 0.0979. The summed E-state index contributed by atoms with van der Waals surface area (Å²) in [5.41, 5.74) is 0.485. The van der Waals surface area contributed by atoms with Crippen LogP contribution in [0.4, 0.5) is 0 Å². The highest BCUT2D eigenvalue weighted by molar-refractivity contribution is 6.08. The van der Waals surface area contributed by atoms with Gasteiger partial charge in [0.2, 0.25) is 0 Å². The van der Waals surface area contributed by atoms with Crippen LogP contribution >= 0.6 is 0 Å². The SMILES string of the molecule is CC(=O)c1c(C)oc(CO)c1C(C)=O. The van der Waals surface area contributed by atoms with Crippen LogP contribution in [0.15, 0.2) is 4.42 Å². The molecule has 1 rings (SSSR count). The van der Waals surface area contributed by atoms with E-state index in [4.69, 9.17) is 9.52 Å². The number of hydrogen-bond donors (Lipinski definition) is 1. The summed E-state index contributed by atoms with van der Waals surface area (Å²) in [6.45, 7) is 3.94. The van der Waals surface area contributed by atoms with E-state index in [1.165, 1.54) is 13.8 Å². The zero-order chi connectivity index (χ0) is 10.9. The molecule has 0 atom stereocenters. The van der Waals surface area contributed by atoms with Gasteiger partial charge in [-0.3, -0.25) is 9.59 Å². The number of aliphatic hydroxyl groups excluding tert-OH is 1. The van der Waals surface area contributed by atoms with E-state index in [2.05, 4.69) is 0 Å². The fourth-order valence-electron chi connectivity index (χ4n) is 1.51. The number of carbonyl (C=O) groups excluding carboxylic acids is 2. The van der Waals surface area contributed by atoms with Gasteiger partial charge in [0.05, 0.1) is 11.1 Å². The Morgan fingerprint density at radius 2 is 1.71 bits per heavy atom. The zero-order valence-electron chi connectivity index (χ0n) is 8.38. The molecule has 76 valence electrons. The molecule has 14 heavy (non-hydrogen) atoms. The summed E-state index contributed by atoms with van der Waals surface area (Å²) >= 11 is 0. The Hall–Kier alpha value is -1.42. The zero-order valence-corrected chi connectivity index (χ0v) is 8.38. The van der Waals surface area contributed by atoms with Crippen LogP contribution in [0.1, 0.15) is 46.1 Å². The van der Waals surface area contributed by atoms with Gasteiger partial charge in [-0.25, -0.2) is 0 Å². The monoisotopic (exact) mass is 196 g/mol. The van der Waals surface area contributed by atoms with E-state index in [-0.39, 0.29) is 35.1 Å². The number of ketones is 2. The van der Waals surface area contributed by atoms with Gasteiger partial charge in [-0.05, 0) is 20.8 Å². The highest BCUT2D eigenvalue weighted by Gasteiger charge is 2.23. The molecular formula is C10H12O4. The first-order chi connectivity index (χ1) is 6.49. The van der Waals surface area contributed by atoms with Gasteiger partial charge in [-0.15, -0.1) is 0 Å². The molecule has 4 nitrogen and oxygen atoms in total. The predicted molar refractivity (Wildman–Crippen MR) is 49.4 cm³/mol.